The third-order valence-electron chi connectivity index (χ3n) is 7.29. The average Bonchev–Trinajstić information content (AvgIpc) is 3.22. The van der Waals surface area contributed by atoms with E-state index in [1.807, 2.05) is 6.07 Å². The fourth-order valence-corrected chi connectivity index (χ4v) is 4.97. The van der Waals surface area contributed by atoms with Crippen LogP contribution in [0.3, 0.4) is 0 Å². The Hall–Kier alpha value is -1.96. The summed E-state index contributed by atoms with van der Waals surface area (Å²) in [6.07, 6.45) is 2.68. The van der Waals surface area contributed by atoms with E-state index >= 15 is 0 Å². The topological polar surface area (TPSA) is 46.8 Å². The quantitative estimate of drug-likeness (QED) is 0.595. The molecule has 1 spiro atoms. The van der Waals surface area contributed by atoms with Crippen molar-refractivity contribution in [2.45, 2.75) is 65.5 Å². The molecule has 0 bridgehead atoms. The molecular formula is C24H34F3N5. The molecule has 1 saturated carbocycles. The zero-order valence-electron chi connectivity index (χ0n) is 19.5. The van der Waals surface area contributed by atoms with Gasteiger partial charge in [-0.15, -0.1) is 5.10 Å². The molecule has 8 heteroatoms. The van der Waals surface area contributed by atoms with E-state index in [2.05, 4.69) is 41.0 Å². The first-order valence-electron chi connectivity index (χ1n) is 11.6. The zero-order valence-corrected chi connectivity index (χ0v) is 19.5. The van der Waals surface area contributed by atoms with Crippen molar-refractivity contribution in [2.24, 2.45) is 23.8 Å². The van der Waals surface area contributed by atoms with E-state index in [9.17, 15) is 13.2 Å². The van der Waals surface area contributed by atoms with Gasteiger partial charge in [0.2, 0.25) is 0 Å². The number of aromatic nitrogens is 4. The summed E-state index contributed by atoms with van der Waals surface area (Å²) in [7, 11) is 1.49. The molecular weight excluding hydrogens is 415 g/mol. The van der Waals surface area contributed by atoms with Gasteiger partial charge in [-0.3, -0.25) is 4.68 Å². The minimum Gasteiger partial charge on any atom is -0.303 e. The predicted octanol–water partition coefficient (Wildman–Crippen LogP) is 5.37. The van der Waals surface area contributed by atoms with Crippen LogP contribution >= 0.6 is 0 Å². The number of piperidine rings is 1. The molecule has 0 amide bonds. The van der Waals surface area contributed by atoms with Crippen LogP contribution < -0.4 is 0 Å². The van der Waals surface area contributed by atoms with Gasteiger partial charge in [0.05, 0.1) is 11.4 Å². The van der Waals surface area contributed by atoms with Gasteiger partial charge >= 0.3 is 6.18 Å². The van der Waals surface area contributed by atoms with Gasteiger partial charge in [-0.25, -0.2) is 0 Å². The Kier molecular flexibility index (Phi) is 6.11. The molecule has 2 fully saturated rings. The Morgan fingerprint density at radius 2 is 1.81 bits per heavy atom. The van der Waals surface area contributed by atoms with Crippen LogP contribution in [-0.2, 0) is 19.6 Å². The van der Waals surface area contributed by atoms with Crippen molar-refractivity contribution >= 4 is 0 Å². The molecule has 1 saturated heterocycles. The molecule has 176 valence electrons. The minimum absolute atomic E-state index is 0.316. The van der Waals surface area contributed by atoms with Crippen molar-refractivity contribution in [2.75, 3.05) is 19.6 Å². The summed E-state index contributed by atoms with van der Waals surface area (Å²) in [6.45, 7) is 10.6. The lowest BCUT2D eigenvalue weighted by atomic mass is 9.88. The lowest BCUT2D eigenvalue weighted by molar-refractivity contribution is -0.141. The standard InChI is InChI=1S/C24H34F3N5/c1-22(2,3)9-12-32-13-10-23(11-14-32)16-17(23)5-6-18-7-8-19(29-28-18)20-15-21(24(25,26)27)30-31(20)4/h7-8,15,17H,5-6,9-14,16H2,1-4H3. The predicted molar refractivity (Wildman–Crippen MR) is 118 cm³/mol. The van der Waals surface area contributed by atoms with Crippen molar-refractivity contribution in [1.29, 1.82) is 0 Å². The molecule has 5 nitrogen and oxygen atoms in total. The number of hydrogen-bond acceptors (Lipinski definition) is 4. The molecule has 1 unspecified atom stereocenters. The highest BCUT2D eigenvalue weighted by Gasteiger charge is 2.53. The lowest BCUT2D eigenvalue weighted by Gasteiger charge is -2.34. The highest BCUT2D eigenvalue weighted by molar-refractivity contribution is 5.54. The Morgan fingerprint density at radius 1 is 1.09 bits per heavy atom. The maximum Gasteiger partial charge on any atom is 0.435 e. The monoisotopic (exact) mass is 449 g/mol. The molecule has 1 atom stereocenters. The van der Waals surface area contributed by atoms with Crippen molar-refractivity contribution in [3.63, 3.8) is 0 Å². The molecule has 1 aliphatic heterocycles. The maximum absolute atomic E-state index is 12.9. The van der Waals surface area contributed by atoms with Gasteiger partial charge in [0.15, 0.2) is 5.69 Å². The van der Waals surface area contributed by atoms with E-state index in [-0.39, 0.29) is 0 Å². The van der Waals surface area contributed by atoms with Crippen LogP contribution in [0.1, 0.15) is 64.3 Å². The Morgan fingerprint density at radius 3 is 2.38 bits per heavy atom. The second kappa shape index (κ2) is 8.43. The van der Waals surface area contributed by atoms with Crippen LogP contribution in [0.15, 0.2) is 18.2 Å². The number of likely N-dealkylation sites (tertiary alicyclic amines) is 1. The van der Waals surface area contributed by atoms with Crippen molar-refractivity contribution in [3.05, 3.63) is 29.6 Å². The lowest BCUT2D eigenvalue weighted by Crippen LogP contribution is -2.37. The Labute approximate surface area is 188 Å². The van der Waals surface area contributed by atoms with Crippen LogP contribution in [0.4, 0.5) is 13.2 Å². The number of aryl methyl sites for hydroxylation is 2. The first-order valence-corrected chi connectivity index (χ1v) is 11.6. The van der Waals surface area contributed by atoms with Gasteiger partial charge in [0.25, 0.3) is 0 Å². The second-order valence-corrected chi connectivity index (χ2v) is 10.9. The summed E-state index contributed by atoms with van der Waals surface area (Å²) in [4.78, 5) is 2.62. The van der Waals surface area contributed by atoms with Crippen LogP contribution in [0, 0.1) is 16.7 Å². The third-order valence-corrected chi connectivity index (χ3v) is 7.29. The third kappa shape index (κ3) is 5.33. The van der Waals surface area contributed by atoms with Crippen molar-refractivity contribution in [3.8, 4) is 11.4 Å². The molecule has 4 rings (SSSR count). The van der Waals surface area contributed by atoms with Gasteiger partial charge in [0, 0.05) is 7.05 Å². The van der Waals surface area contributed by atoms with Crippen LogP contribution in [-0.4, -0.2) is 44.5 Å². The van der Waals surface area contributed by atoms with Gasteiger partial charge in [-0.2, -0.15) is 23.4 Å². The highest BCUT2D eigenvalue weighted by atomic mass is 19.4. The summed E-state index contributed by atoms with van der Waals surface area (Å²) in [5.41, 5.74) is 1.64. The fraction of sp³-hybridized carbons (Fsp3) is 0.708. The Balaban J connectivity index is 1.26. The van der Waals surface area contributed by atoms with Gasteiger partial charge < -0.3 is 4.90 Å². The summed E-state index contributed by atoms with van der Waals surface area (Å²) in [5, 5.41) is 12.0. The van der Waals surface area contributed by atoms with Crippen molar-refractivity contribution < 1.29 is 13.2 Å². The fourth-order valence-electron chi connectivity index (χ4n) is 4.97. The van der Waals surface area contributed by atoms with E-state index in [0.717, 1.165) is 30.5 Å². The zero-order chi connectivity index (χ0) is 23.1. The molecule has 0 N–H and O–H groups in total. The number of rotatable bonds is 6. The first kappa shape index (κ1) is 23.2. The molecule has 0 radical (unpaired) electrons. The van der Waals surface area contributed by atoms with Crippen molar-refractivity contribution in [1.82, 2.24) is 24.9 Å². The smallest absolute Gasteiger partial charge is 0.303 e. The normalized spacial score (nSPS) is 21.3. The number of alkyl halides is 3. The summed E-state index contributed by atoms with van der Waals surface area (Å²) in [5.74, 6) is 0.764. The highest BCUT2D eigenvalue weighted by Crippen LogP contribution is 2.61. The van der Waals surface area contributed by atoms with Crippen LogP contribution in [0.2, 0.25) is 0 Å². The largest absolute Gasteiger partial charge is 0.435 e. The Bertz CT molecular complexity index is 919. The van der Waals surface area contributed by atoms with Gasteiger partial charge in [-0.1, -0.05) is 20.8 Å². The molecule has 0 aromatic carbocycles. The first-order chi connectivity index (χ1) is 15.0. The van der Waals surface area contributed by atoms with Gasteiger partial charge in [0.1, 0.15) is 5.69 Å². The summed E-state index contributed by atoms with van der Waals surface area (Å²) < 4.78 is 39.9. The van der Waals surface area contributed by atoms with E-state index in [1.54, 1.807) is 6.07 Å². The molecule has 3 heterocycles. The van der Waals surface area contributed by atoms with Crippen LogP contribution in [0.25, 0.3) is 11.4 Å². The molecule has 32 heavy (non-hydrogen) atoms. The number of nitrogens with zero attached hydrogens (tertiary/aromatic N) is 5. The minimum atomic E-state index is -4.47. The van der Waals surface area contributed by atoms with Gasteiger partial charge in [-0.05, 0) is 93.1 Å². The molecule has 2 aliphatic rings. The molecule has 1 aliphatic carbocycles. The number of hydrogen-bond donors (Lipinski definition) is 0. The van der Waals surface area contributed by atoms with Crippen LogP contribution in [0.5, 0.6) is 0 Å². The summed E-state index contributed by atoms with van der Waals surface area (Å²) in [6, 6.07) is 4.65. The second-order valence-electron chi connectivity index (χ2n) is 10.9. The molecule has 2 aromatic rings. The van der Waals surface area contributed by atoms with E-state index in [1.165, 1.54) is 57.0 Å². The van der Waals surface area contributed by atoms with E-state index in [0.29, 0.717) is 22.2 Å². The molecule has 2 aromatic heterocycles. The maximum atomic E-state index is 12.9. The summed E-state index contributed by atoms with van der Waals surface area (Å²) >= 11 is 0. The SMILES string of the molecule is Cn1nc(C(F)(F)F)cc1-c1ccc(CCC2CC23CCN(CCC(C)(C)C)CC3)nn1. The van der Waals surface area contributed by atoms with E-state index in [4.69, 9.17) is 0 Å². The number of halogens is 3. The average molecular weight is 450 g/mol. The van der Waals surface area contributed by atoms with E-state index < -0.39 is 11.9 Å².